The SMILES string of the molecule is Cc1cc(C(=O)Cn2c(=O)c3ccc(C(F)(F)F)nc3n(C)c2=O)c(C)n1C1CC1. The van der Waals surface area contributed by atoms with Crippen molar-refractivity contribution in [3.8, 4) is 0 Å². The second-order valence-corrected chi connectivity index (χ2v) is 7.61. The van der Waals surface area contributed by atoms with Gasteiger partial charge in [0.05, 0.1) is 11.9 Å². The Morgan fingerprint density at radius 1 is 1.20 bits per heavy atom. The molecule has 7 nitrogen and oxygen atoms in total. The van der Waals surface area contributed by atoms with E-state index in [0.717, 1.165) is 39.4 Å². The molecule has 0 amide bonds. The molecular weight excluding hydrogens is 401 g/mol. The minimum Gasteiger partial charge on any atom is -0.345 e. The van der Waals surface area contributed by atoms with Gasteiger partial charge in [0.1, 0.15) is 11.3 Å². The Kier molecular flexibility index (Phi) is 4.48. The molecule has 0 radical (unpaired) electrons. The Morgan fingerprint density at radius 2 is 1.87 bits per heavy atom. The van der Waals surface area contributed by atoms with Crippen LogP contribution >= 0.6 is 0 Å². The van der Waals surface area contributed by atoms with Gasteiger partial charge in [-0.05, 0) is 44.9 Å². The number of hydrogen-bond acceptors (Lipinski definition) is 4. The minimum atomic E-state index is -4.71. The molecule has 3 aromatic heterocycles. The van der Waals surface area contributed by atoms with Gasteiger partial charge in [-0.1, -0.05) is 0 Å². The highest BCUT2D eigenvalue weighted by Gasteiger charge is 2.33. The number of carbonyl (C=O) groups is 1. The molecule has 0 atom stereocenters. The molecule has 1 aliphatic carbocycles. The largest absolute Gasteiger partial charge is 0.433 e. The third-order valence-electron chi connectivity index (χ3n) is 5.48. The number of aryl methyl sites for hydroxylation is 2. The van der Waals surface area contributed by atoms with E-state index in [0.29, 0.717) is 17.7 Å². The van der Waals surface area contributed by atoms with Gasteiger partial charge in [-0.2, -0.15) is 13.2 Å². The first kappa shape index (κ1) is 20.1. The summed E-state index contributed by atoms with van der Waals surface area (Å²) in [6.45, 7) is 3.22. The maximum absolute atomic E-state index is 12.9. The maximum atomic E-state index is 12.9. The van der Waals surface area contributed by atoms with E-state index in [9.17, 15) is 27.6 Å². The first-order chi connectivity index (χ1) is 14.0. The number of aromatic nitrogens is 4. The van der Waals surface area contributed by atoms with Crippen LogP contribution in [-0.4, -0.2) is 24.5 Å². The van der Waals surface area contributed by atoms with E-state index in [1.165, 1.54) is 7.05 Å². The predicted octanol–water partition coefficient (Wildman–Crippen LogP) is 2.75. The molecule has 3 heterocycles. The van der Waals surface area contributed by atoms with Crippen LogP contribution in [0.25, 0.3) is 11.0 Å². The standard InChI is InChI=1S/C20H19F3N4O3/c1-10-8-14(11(2)27(10)12-4-5-12)15(28)9-26-18(29)13-6-7-16(20(21,22)23)24-17(13)25(3)19(26)30/h6-8,12H,4-5,9H2,1-3H3. The zero-order valence-corrected chi connectivity index (χ0v) is 16.6. The highest BCUT2D eigenvalue weighted by atomic mass is 19.4. The summed E-state index contributed by atoms with van der Waals surface area (Å²) in [5.41, 5.74) is -1.19. The Hall–Kier alpha value is -3.17. The van der Waals surface area contributed by atoms with Crippen molar-refractivity contribution >= 4 is 16.8 Å². The first-order valence-corrected chi connectivity index (χ1v) is 9.40. The highest BCUT2D eigenvalue weighted by molar-refractivity contribution is 5.97. The number of ketones is 1. The number of Topliss-reactive ketones (excluding diaryl/α,β-unsaturated/α-hetero) is 1. The topological polar surface area (TPSA) is 78.9 Å². The molecule has 158 valence electrons. The fourth-order valence-electron chi connectivity index (χ4n) is 3.86. The van der Waals surface area contributed by atoms with E-state index in [-0.39, 0.29) is 11.0 Å². The molecule has 0 unspecified atom stereocenters. The number of pyridine rings is 1. The van der Waals surface area contributed by atoms with Crippen molar-refractivity contribution < 1.29 is 18.0 Å². The van der Waals surface area contributed by atoms with Crippen molar-refractivity contribution in [1.29, 1.82) is 0 Å². The van der Waals surface area contributed by atoms with Gasteiger partial charge in [0.25, 0.3) is 5.56 Å². The normalized spacial score (nSPS) is 14.5. The molecule has 1 fully saturated rings. The average molecular weight is 420 g/mol. The van der Waals surface area contributed by atoms with Crippen molar-refractivity contribution in [3.05, 3.63) is 61.7 Å². The van der Waals surface area contributed by atoms with Gasteiger partial charge in [-0.25, -0.2) is 9.78 Å². The summed E-state index contributed by atoms with van der Waals surface area (Å²) in [7, 11) is 1.22. The summed E-state index contributed by atoms with van der Waals surface area (Å²) in [6, 6.07) is 3.77. The molecular formula is C20H19F3N4O3. The second kappa shape index (κ2) is 6.68. The van der Waals surface area contributed by atoms with Crippen LogP contribution in [0.5, 0.6) is 0 Å². The number of carbonyl (C=O) groups excluding carboxylic acids is 1. The molecule has 0 aromatic carbocycles. The highest BCUT2D eigenvalue weighted by Crippen LogP contribution is 2.38. The molecule has 1 aliphatic rings. The van der Waals surface area contributed by atoms with Gasteiger partial charge in [-0.3, -0.25) is 18.7 Å². The number of nitrogens with zero attached hydrogens (tertiary/aromatic N) is 4. The van der Waals surface area contributed by atoms with Crippen molar-refractivity contribution in [2.75, 3.05) is 0 Å². The van der Waals surface area contributed by atoms with E-state index >= 15 is 0 Å². The fraction of sp³-hybridized carbons (Fsp3) is 0.400. The van der Waals surface area contributed by atoms with Crippen molar-refractivity contribution in [2.24, 2.45) is 7.05 Å². The second-order valence-electron chi connectivity index (χ2n) is 7.61. The summed E-state index contributed by atoms with van der Waals surface area (Å²) in [6.07, 6.45) is -2.62. The lowest BCUT2D eigenvalue weighted by molar-refractivity contribution is -0.141. The van der Waals surface area contributed by atoms with Crippen LogP contribution in [0.1, 0.15) is 46.3 Å². The van der Waals surface area contributed by atoms with Crippen molar-refractivity contribution in [3.63, 3.8) is 0 Å². The lowest BCUT2D eigenvalue weighted by Crippen LogP contribution is -2.41. The Morgan fingerprint density at radius 3 is 2.47 bits per heavy atom. The molecule has 0 saturated heterocycles. The fourth-order valence-corrected chi connectivity index (χ4v) is 3.86. The summed E-state index contributed by atoms with van der Waals surface area (Å²) in [5.74, 6) is -0.409. The lowest BCUT2D eigenvalue weighted by atomic mass is 10.1. The Balaban J connectivity index is 1.78. The van der Waals surface area contributed by atoms with Crippen molar-refractivity contribution in [2.45, 2.75) is 45.5 Å². The van der Waals surface area contributed by atoms with E-state index < -0.39 is 35.4 Å². The molecule has 4 rings (SSSR count). The van der Waals surface area contributed by atoms with Crippen LogP contribution in [-0.2, 0) is 19.8 Å². The van der Waals surface area contributed by atoms with E-state index in [2.05, 4.69) is 9.55 Å². The zero-order chi connectivity index (χ0) is 22.0. The van der Waals surface area contributed by atoms with Gasteiger partial charge >= 0.3 is 11.9 Å². The predicted molar refractivity (Wildman–Crippen MR) is 103 cm³/mol. The molecule has 3 aromatic rings. The third-order valence-corrected chi connectivity index (χ3v) is 5.48. The van der Waals surface area contributed by atoms with Crippen LogP contribution in [0.2, 0.25) is 0 Å². The number of alkyl halides is 3. The lowest BCUT2D eigenvalue weighted by Gasteiger charge is -2.12. The summed E-state index contributed by atoms with van der Waals surface area (Å²) in [4.78, 5) is 41.8. The van der Waals surface area contributed by atoms with Crippen molar-refractivity contribution in [1.82, 2.24) is 18.7 Å². The van der Waals surface area contributed by atoms with E-state index in [1.54, 1.807) is 6.07 Å². The van der Waals surface area contributed by atoms with Gasteiger partial charge in [0, 0.05) is 30.0 Å². The van der Waals surface area contributed by atoms with Gasteiger partial charge in [0.15, 0.2) is 5.78 Å². The molecule has 0 N–H and O–H groups in total. The molecule has 30 heavy (non-hydrogen) atoms. The smallest absolute Gasteiger partial charge is 0.345 e. The molecule has 10 heteroatoms. The zero-order valence-electron chi connectivity index (χ0n) is 16.6. The van der Waals surface area contributed by atoms with Crippen LogP contribution in [0.15, 0.2) is 27.8 Å². The summed E-state index contributed by atoms with van der Waals surface area (Å²) in [5, 5.41) is -0.165. The van der Waals surface area contributed by atoms with Gasteiger partial charge < -0.3 is 4.57 Å². The molecule has 1 saturated carbocycles. The third kappa shape index (κ3) is 3.16. The summed E-state index contributed by atoms with van der Waals surface area (Å²) < 4.78 is 42.5. The number of rotatable bonds is 4. The molecule has 0 aliphatic heterocycles. The molecule has 0 bridgehead atoms. The molecule has 0 spiro atoms. The maximum Gasteiger partial charge on any atom is 0.433 e. The van der Waals surface area contributed by atoms with Gasteiger partial charge in [0.2, 0.25) is 0 Å². The van der Waals surface area contributed by atoms with E-state index in [4.69, 9.17) is 0 Å². The average Bonchev–Trinajstić information content (AvgIpc) is 3.46. The van der Waals surface area contributed by atoms with Crippen LogP contribution < -0.4 is 11.2 Å². The monoisotopic (exact) mass is 420 g/mol. The number of halogens is 3. The Bertz CT molecular complexity index is 1310. The Labute approximate surface area is 168 Å². The first-order valence-electron chi connectivity index (χ1n) is 9.40. The van der Waals surface area contributed by atoms with Crippen LogP contribution in [0.4, 0.5) is 13.2 Å². The quantitative estimate of drug-likeness (QED) is 0.608. The summed E-state index contributed by atoms with van der Waals surface area (Å²) >= 11 is 0. The number of fused-ring (bicyclic) bond motifs is 1. The van der Waals surface area contributed by atoms with Crippen LogP contribution in [0.3, 0.4) is 0 Å². The van der Waals surface area contributed by atoms with E-state index in [1.807, 2.05) is 13.8 Å². The number of hydrogen-bond donors (Lipinski definition) is 0. The van der Waals surface area contributed by atoms with Crippen LogP contribution in [0, 0.1) is 13.8 Å². The minimum absolute atomic E-state index is 0.165. The van der Waals surface area contributed by atoms with Gasteiger partial charge in [-0.15, -0.1) is 0 Å².